The number of fused-ring (bicyclic) bond motifs is 1. The Morgan fingerprint density at radius 1 is 0.759 bits per heavy atom. The van der Waals surface area contributed by atoms with Gasteiger partial charge in [-0.1, -0.05) is 66.2 Å². The largest absolute Gasteiger partial charge is 0.497 e. The summed E-state index contributed by atoms with van der Waals surface area (Å²) < 4.78 is 10.5. The minimum Gasteiger partial charge on any atom is -0.497 e. The average molecular weight is 382 g/mol. The average Bonchev–Trinajstić information content (AvgIpc) is 2.77. The van der Waals surface area contributed by atoms with E-state index in [1.165, 1.54) is 7.11 Å². The fourth-order valence-corrected chi connectivity index (χ4v) is 3.78. The number of esters is 1. The minimum absolute atomic E-state index is 0.345. The van der Waals surface area contributed by atoms with Crippen molar-refractivity contribution in [2.24, 2.45) is 0 Å². The standard InChI is InChI=1S/C26H22O3/c1-17-7-6-9-20(15-17)25-23(26(27)29-3)16-19-8-4-5-10-22(19)24(25)18-11-13-21(28-2)14-12-18/h4-16H,1-3H3. The van der Waals surface area contributed by atoms with Gasteiger partial charge in [0.2, 0.25) is 0 Å². The smallest absolute Gasteiger partial charge is 0.338 e. The van der Waals surface area contributed by atoms with Crippen molar-refractivity contribution < 1.29 is 14.3 Å². The van der Waals surface area contributed by atoms with E-state index in [9.17, 15) is 4.79 Å². The molecule has 0 N–H and O–H groups in total. The van der Waals surface area contributed by atoms with Crippen molar-refractivity contribution in [3.63, 3.8) is 0 Å². The van der Waals surface area contributed by atoms with Crippen LogP contribution in [0.1, 0.15) is 15.9 Å². The van der Waals surface area contributed by atoms with Crippen LogP contribution in [0, 0.1) is 6.92 Å². The molecule has 0 amide bonds. The fourth-order valence-electron chi connectivity index (χ4n) is 3.78. The van der Waals surface area contributed by atoms with Gasteiger partial charge < -0.3 is 9.47 Å². The summed E-state index contributed by atoms with van der Waals surface area (Å²) in [7, 11) is 3.07. The van der Waals surface area contributed by atoms with E-state index in [0.29, 0.717) is 5.56 Å². The van der Waals surface area contributed by atoms with Crippen molar-refractivity contribution in [2.75, 3.05) is 14.2 Å². The number of hydrogen-bond acceptors (Lipinski definition) is 3. The lowest BCUT2D eigenvalue weighted by atomic mass is 9.86. The third kappa shape index (κ3) is 3.47. The topological polar surface area (TPSA) is 35.5 Å². The first-order valence-corrected chi connectivity index (χ1v) is 9.48. The van der Waals surface area contributed by atoms with Gasteiger partial charge in [0, 0.05) is 5.56 Å². The van der Waals surface area contributed by atoms with E-state index in [-0.39, 0.29) is 5.97 Å². The molecule has 0 radical (unpaired) electrons. The first-order valence-electron chi connectivity index (χ1n) is 9.48. The monoisotopic (exact) mass is 382 g/mol. The third-order valence-electron chi connectivity index (χ3n) is 5.14. The normalized spacial score (nSPS) is 10.7. The molecule has 4 rings (SSSR count). The zero-order valence-corrected chi connectivity index (χ0v) is 16.7. The molecule has 0 aliphatic rings. The Labute approximate surface area is 170 Å². The van der Waals surface area contributed by atoms with E-state index in [2.05, 4.69) is 25.1 Å². The van der Waals surface area contributed by atoms with Crippen molar-refractivity contribution >= 4 is 16.7 Å². The summed E-state index contributed by atoms with van der Waals surface area (Å²) in [5.74, 6) is 0.446. The van der Waals surface area contributed by atoms with Crippen LogP contribution in [-0.4, -0.2) is 20.2 Å². The summed E-state index contributed by atoms with van der Waals surface area (Å²) in [5, 5.41) is 2.08. The molecule has 0 heterocycles. The number of rotatable bonds is 4. The van der Waals surface area contributed by atoms with Gasteiger partial charge in [0.15, 0.2) is 0 Å². The highest BCUT2D eigenvalue weighted by atomic mass is 16.5. The van der Waals surface area contributed by atoms with Crippen LogP contribution in [0.15, 0.2) is 78.9 Å². The summed E-state index contributed by atoms with van der Waals surface area (Å²) in [4.78, 5) is 12.8. The number of benzene rings is 4. The van der Waals surface area contributed by atoms with Gasteiger partial charge in [-0.2, -0.15) is 0 Å². The van der Waals surface area contributed by atoms with Crippen LogP contribution in [0.4, 0.5) is 0 Å². The van der Waals surface area contributed by atoms with E-state index in [1.54, 1.807) is 7.11 Å². The molecule has 144 valence electrons. The van der Waals surface area contributed by atoms with Crippen molar-refractivity contribution in [1.82, 2.24) is 0 Å². The molecule has 0 aliphatic heterocycles. The number of carbonyl (C=O) groups is 1. The molecule has 4 aromatic rings. The SMILES string of the molecule is COC(=O)c1cc2ccccc2c(-c2ccc(OC)cc2)c1-c1cccc(C)c1. The van der Waals surface area contributed by atoms with E-state index in [1.807, 2.05) is 60.7 Å². The maximum absolute atomic E-state index is 12.8. The van der Waals surface area contributed by atoms with Gasteiger partial charge in [-0.3, -0.25) is 0 Å². The molecule has 3 nitrogen and oxygen atoms in total. The maximum atomic E-state index is 12.8. The van der Waals surface area contributed by atoms with Crippen LogP contribution in [0.2, 0.25) is 0 Å². The Kier molecular flexibility index (Phi) is 5.05. The Morgan fingerprint density at radius 3 is 2.21 bits per heavy atom. The van der Waals surface area contributed by atoms with Crippen LogP contribution in [0.25, 0.3) is 33.0 Å². The molecule has 0 bridgehead atoms. The predicted molar refractivity (Wildman–Crippen MR) is 117 cm³/mol. The second kappa shape index (κ2) is 7.80. The van der Waals surface area contributed by atoms with Crippen LogP contribution in [0.3, 0.4) is 0 Å². The molecule has 0 unspecified atom stereocenters. The first-order chi connectivity index (χ1) is 14.1. The van der Waals surface area contributed by atoms with Crippen LogP contribution in [-0.2, 0) is 4.74 Å². The third-order valence-corrected chi connectivity index (χ3v) is 5.14. The van der Waals surface area contributed by atoms with Crippen LogP contribution in [0.5, 0.6) is 5.75 Å². The van der Waals surface area contributed by atoms with Crippen molar-refractivity contribution in [3.05, 3.63) is 90.0 Å². The number of methoxy groups -OCH3 is 2. The molecule has 0 saturated carbocycles. The van der Waals surface area contributed by atoms with Gasteiger partial charge in [-0.05, 0) is 52.6 Å². The first kappa shape index (κ1) is 18.8. The van der Waals surface area contributed by atoms with E-state index in [4.69, 9.17) is 9.47 Å². The summed E-state index contributed by atoms with van der Waals surface area (Å²) in [6, 6.07) is 26.2. The Bertz CT molecular complexity index is 1190. The van der Waals surface area contributed by atoms with Gasteiger partial charge >= 0.3 is 5.97 Å². The summed E-state index contributed by atoms with van der Waals surface area (Å²) in [6.45, 7) is 2.05. The van der Waals surface area contributed by atoms with Crippen molar-refractivity contribution in [2.45, 2.75) is 6.92 Å². The number of aryl methyl sites for hydroxylation is 1. The number of ether oxygens (including phenoxy) is 2. The van der Waals surface area contributed by atoms with Gasteiger partial charge in [-0.25, -0.2) is 4.79 Å². The fraction of sp³-hybridized carbons (Fsp3) is 0.115. The zero-order valence-electron chi connectivity index (χ0n) is 16.7. The molecule has 0 aliphatic carbocycles. The lowest BCUT2D eigenvalue weighted by Gasteiger charge is -2.18. The molecule has 4 aromatic carbocycles. The van der Waals surface area contributed by atoms with Gasteiger partial charge in [0.05, 0.1) is 19.8 Å². The highest BCUT2D eigenvalue weighted by molar-refractivity contribution is 6.12. The molecular formula is C26H22O3. The molecule has 0 aromatic heterocycles. The quantitative estimate of drug-likeness (QED) is 0.390. The van der Waals surface area contributed by atoms with Gasteiger partial charge in [0.1, 0.15) is 5.75 Å². The summed E-state index contributed by atoms with van der Waals surface area (Å²) in [6.07, 6.45) is 0. The van der Waals surface area contributed by atoms with Gasteiger partial charge in [-0.15, -0.1) is 0 Å². The Balaban J connectivity index is 2.14. The zero-order chi connectivity index (χ0) is 20.4. The maximum Gasteiger partial charge on any atom is 0.338 e. The lowest BCUT2D eigenvalue weighted by molar-refractivity contribution is 0.0602. The molecule has 0 spiro atoms. The Hall–Kier alpha value is -3.59. The Morgan fingerprint density at radius 2 is 1.52 bits per heavy atom. The van der Waals surface area contributed by atoms with E-state index in [0.717, 1.165) is 44.3 Å². The summed E-state index contributed by atoms with van der Waals surface area (Å²) >= 11 is 0. The molecule has 3 heteroatoms. The van der Waals surface area contributed by atoms with Crippen LogP contribution >= 0.6 is 0 Å². The second-order valence-electron chi connectivity index (χ2n) is 6.98. The van der Waals surface area contributed by atoms with Gasteiger partial charge in [0.25, 0.3) is 0 Å². The van der Waals surface area contributed by atoms with E-state index >= 15 is 0 Å². The highest BCUT2D eigenvalue weighted by Gasteiger charge is 2.21. The highest BCUT2D eigenvalue weighted by Crippen LogP contribution is 2.41. The second-order valence-corrected chi connectivity index (χ2v) is 6.98. The number of hydrogen-bond donors (Lipinski definition) is 0. The summed E-state index contributed by atoms with van der Waals surface area (Å²) in [5.41, 5.74) is 5.59. The molecule has 0 saturated heterocycles. The minimum atomic E-state index is -0.345. The van der Waals surface area contributed by atoms with Crippen molar-refractivity contribution in [1.29, 1.82) is 0 Å². The lowest BCUT2D eigenvalue weighted by Crippen LogP contribution is -2.05. The number of carbonyl (C=O) groups excluding carboxylic acids is 1. The van der Waals surface area contributed by atoms with E-state index < -0.39 is 0 Å². The van der Waals surface area contributed by atoms with Crippen molar-refractivity contribution in [3.8, 4) is 28.0 Å². The molecular weight excluding hydrogens is 360 g/mol. The predicted octanol–water partition coefficient (Wildman–Crippen LogP) is 6.28. The molecule has 0 fully saturated rings. The molecule has 29 heavy (non-hydrogen) atoms. The molecule has 0 atom stereocenters. The van der Waals surface area contributed by atoms with Crippen LogP contribution < -0.4 is 4.74 Å².